The van der Waals surface area contributed by atoms with Crippen LogP contribution in [0, 0.1) is 13.8 Å². The van der Waals surface area contributed by atoms with Gasteiger partial charge < -0.3 is 10.3 Å². The summed E-state index contributed by atoms with van der Waals surface area (Å²) in [4.78, 5) is 16.2. The van der Waals surface area contributed by atoms with Crippen molar-refractivity contribution in [2.24, 2.45) is 0 Å². The molecule has 1 heterocycles. The fraction of sp³-hybridized carbons (Fsp3) is 0.286. The Morgan fingerprint density at radius 3 is 2.71 bits per heavy atom. The summed E-state index contributed by atoms with van der Waals surface area (Å²) in [6.07, 6.45) is 2.87. The third-order valence-electron chi connectivity index (χ3n) is 5.16. The van der Waals surface area contributed by atoms with Crippen LogP contribution in [0.25, 0.3) is 10.9 Å². The summed E-state index contributed by atoms with van der Waals surface area (Å²) in [7, 11) is 0. The molecule has 1 aromatic heterocycles. The molecule has 0 spiro atoms. The van der Waals surface area contributed by atoms with Crippen LogP contribution in [0.4, 0.5) is 0 Å². The molecule has 4 rings (SSSR count). The molecule has 0 saturated carbocycles. The van der Waals surface area contributed by atoms with E-state index >= 15 is 0 Å². The van der Waals surface area contributed by atoms with Crippen LogP contribution in [-0.2, 0) is 12.8 Å². The van der Waals surface area contributed by atoms with E-state index in [9.17, 15) is 4.79 Å². The van der Waals surface area contributed by atoms with Gasteiger partial charge in [0.1, 0.15) is 0 Å². The lowest BCUT2D eigenvalue weighted by Crippen LogP contribution is -2.39. The zero-order valence-corrected chi connectivity index (χ0v) is 14.1. The van der Waals surface area contributed by atoms with Gasteiger partial charge in [-0.15, -0.1) is 0 Å². The molecule has 122 valence electrons. The van der Waals surface area contributed by atoms with Crippen LogP contribution in [0.15, 0.2) is 42.5 Å². The van der Waals surface area contributed by atoms with Crippen molar-refractivity contribution in [3.8, 4) is 0 Å². The maximum Gasteiger partial charge on any atom is 0.251 e. The fourth-order valence-corrected chi connectivity index (χ4v) is 3.80. The number of carbonyl (C=O) groups is 1. The van der Waals surface area contributed by atoms with Gasteiger partial charge in [-0.1, -0.05) is 36.4 Å². The molecule has 1 aliphatic rings. The molecule has 1 unspecified atom stereocenters. The number of fused-ring (bicyclic) bond motifs is 3. The third kappa shape index (κ3) is 2.50. The van der Waals surface area contributed by atoms with Crippen molar-refractivity contribution >= 4 is 16.8 Å². The second-order valence-electron chi connectivity index (χ2n) is 6.81. The Labute approximate surface area is 142 Å². The van der Waals surface area contributed by atoms with Gasteiger partial charge in [-0.05, 0) is 55.9 Å². The summed E-state index contributed by atoms with van der Waals surface area (Å²) < 4.78 is 0. The molecule has 1 aliphatic carbocycles. The number of aromatic amines is 1. The Balaban J connectivity index is 1.58. The lowest BCUT2D eigenvalue weighted by Gasteiger charge is -2.24. The number of para-hydroxylation sites is 1. The van der Waals surface area contributed by atoms with Crippen molar-refractivity contribution in [1.82, 2.24) is 10.3 Å². The second-order valence-corrected chi connectivity index (χ2v) is 6.81. The number of rotatable bonds is 2. The molecule has 0 saturated heterocycles. The molecular formula is C21H22N2O. The predicted octanol–water partition coefficient (Wildman–Crippen LogP) is 4.07. The summed E-state index contributed by atoms with van der Waals surface area (Å²) in [5.74, 6) is 0.0394. The molecule has 3 nitrogen and oxygen atoms in total. The average Bonchev–Trinajstić information content (AvgIpc) is 2.95. The van der Waals surface area contributed by atoms with E-state index in [0.29, 0.717) is 0 Å². The van der Waals surface area contributed by atoms with Gasteiger partial charge in [0, 0.05) is 28.2 Å². The van der Waals surface area contributed by atoms with Crippen molar-refractivity contribution in [1.29, 1.82) is 0 Å². The zero-order valence-electron chi connectivity index (χ0n) is 14.1. The van der Waals surface area contributed by atoms with E-state index in [1.807, 2.05) is 31.2 Å². The van der Waals surface area contributed by atoms with E-state index in [2.05, 4.69) is 35.4 Å². The summed E-state index contributed by atoms with van der Waals surface area (Å²) in [6.45, 7) is 4.12. The molecule has 0 radical (unpaired) electrons. The topological polar surface area (TPSA) is 44.9 Å². The highest BCUT2D eigenvalue weighted by atomic mass is 16.1. The number of hydrogen-bond donors (Lipinski definition) is 2. The van der Waals surface area contributed by atoms with Crippen LogP contribution in [-0.4, -0.2) is 16.9 Å². The fourth-order valence-electron chi connectivity index (χ4n) is 3.80. The van der Waals surface area contributed by atoms with Crippen molar-refractivity contribution in [3.05, 3.63) is 70.4 Å². The van der Waals surface area contributed by atoms with Crippen LogP contribution < -0.4 is 5.32 Å². The first-order valence-corrected chi connectivity index (χ1v) is 8.59. The van der Waals surface area contributed by atoms with Gasteiger partial charge in [0.25, 0.3) is 5.91 Å². The molecule has 2 aromatic carbocycles. The molecule has 0 fully saturated rings. The number of carbonyl (C=O) groups excluding carboxylic acids is 1. The van der Waals surface area contributed by atoms with E-state index < -0.39 is 0 Å². The zero-order chi connectivity index (χ0) is 16.7. The Morgan fingerprint density at radius 1 is 1.08 bits per heavy atom. The first-order chi connectivity index (χ1) is 11.6. The van der Waals surface area contributed by atoms with E-state index in [0.717, 1.165) is 30.4 Å². The highest BCUT2D eigenvalue weighted by Crippen LogP contribution is 2.30. The van der Waals surface area contributed by atoms with Gasteiger partial charge >= 0.3 is 0 Å². The van der Waals surface area contributed by atoms with Crippen molar-refractivity contribution < 1.29 is 4.79 Å². The molecular weight excluding hydrogens is 296 g/mol. The van der Waals surface area contributed by atoms with Gasteiger partial charge in [0.05, 0.1) is 0 Å². The number of benzene rings is 2. The average molecular weight is 318 g/mol. The number of aryl methyl sites for hydroxylation is 3. The van der Waals surface area contributed by atoms with Gasteiger partial charge in [0.15, 0.2) is 0 Å². The Kier molecular flexibility index (Phi) is 3.64. The van der Waals surface area contributed by atoms with Crippen LogP contribution in [0.1, 0.15) is 39.2 Å². The SMILES string of the molecule is Cc1ccccc1C(=O)NC1CCc2[nH]c3c(C)cccc3c2C1. The number of amides is 1. The van der Waals surface area contributed by atoms with Crippen LogP contribution in [0.2, 0.25) is 0 Å². The number of hydrogen-bond acceptors (Lipinski definition) is 1. The minimum Gasteiger partial charge on any atom is -0.358 e. The smallest absolute Gasteiger partial charge is 0.251 e. The van der Waals surface area contributed by atoms with E-state index in [4.69, 9.17) is 0 Å². The summed E-state index contributed by atoms with van der Waals surface area (Å²) >= 11 is 0. The third-order valence-corrected chi connectivity index (χ3v) is 5.16. The first-order valence-electron chi connectivity index (χ1n) is 8.59. The van der Waals surface area contributed by atoms with Gasteiger partial charge in [0.2, 0.25) is 0 Å². The number of aromatic nitrogens is 1. The van der Waals surface area contributed by atoms with E-state index in [1.54, 1.807) is 0 Å². The Bertz CT molecular complexity index is 923. The first kappa shape index (κ1) is 15.0. The minimum absolute atomic E-state index is 0.0394. The van der Waals surface area contributed by atoms with Crippen LogP contribution in [0.3, 0.4) is 0 Å². The largest absolute Gasteiger partial charge is 0.358 e. The van der Waals surface area contributed by atoms with Crippen molar-refractivity contribution in [2.45, 2.75) is 39.2 Å². The van der Waals surface area contributed by atoms with E-state index in [-0.39, 0.29) is 11.9 Å². The molecule has 3 heteroatoms. The maximum atomic E-state index is 12.6. The van der Waals surface area contributed by atoms with Gasteiger partial charge in [-0.25, -0.2) is 0 Å². The summed E-state index contributed by atoms with van der Waals surface area (Å²) in [5, 5.41) is 4.54. The molecule has 1 amide bonds. The van der Waals surface area contributed by atoms with Crippen molar-refractivity contribution in [2.75, 3.05) is 0 Å². The number of nitrogens with one attached hydrogen (secondary N) is 2. The monoisotopic (exact) mass is 318 g/mol. The standard InChI is InChI=1S/C21H22N2O/c1-13-6-3-4-8-16(13)21(24)22-15-10-11-19-18(12-15)17-9-5-7-14(2)20(17)23-19/h3-9,15,23H,10-12H2,1-2H3,(H,22,24). The van der Waals surface area contributed by atoms with E-state index in [1.165, 1.54) is 27.7 Å². The molecule has 0 bridgehead atoms. The minimum atomic E-state index is 0.0394. The lowest BCUT2D eigenvalue weighted by atomic mass is 9.91. The highest BCUT2D eigenvalue weighted by Gasteiger charge is 2.24. The highest BCUT2D eigenvalue weighted by molar-refractivity contribution is 5.96. The van der Waals surface area contributed by atoms with Crippen LogP contribution in [0.5, 0.6) is 0 Å². The summed E-state index contributed by atoms with van der Waals surface area (Å²) in [6, 6.07) is 14.4. The Hall–Kier alpha value is -2.55. The van der Waals surface area contributed by atoms with Crippen LogP contribution >= 0.6 is 0 Å². The molecule has 2 N–H and O–H groups in total. The second kappa shape index (κ2) is 5.82. The van der Waals surface area contributed by atoms with Gasteiger partial charge in [-0.2, -0.15) is 0 Å². The molecule has 24 heavy (non-hydrogen) atoms. The number of H-pyrrole nitrogens is 1. The predicted molar refractivity (Wildman–Crippen MR) is 97.5 cm³/mol. The quantitative estimate of drug-likeness (QED) is 0.735. The van der Waals surface area contributed by atoms with Crippen molar-refractivity contribution in [3.63, 3.8) is 0 Å². The van der Waals surface area contributed by atoms with Gasteiger partial charge in [-0.3, -0.25) is 4.79 Å². The Morgan fingerprint density at radius 2 is 1.88 bits per heavy atom. The molecule has 3 aromatic rings. The maximum absolute atomic E-state index is 12.6. The molecule has 0 aliphatic heterocycles. The summed E-state index contributed by atoms with van der Waals surface area (Å²) in [5.41, 5.74) is 7.03. The molecule has 1 atom stereocenters. The lowest BCUT2D eigenvalue weighted by molar-refractivity contribution is 0.0933. The normalized spacial score (nSPS) is 16.8.